The second kappa shape index (κ2) is 9.65. The number of piperidine rings is 1. The zero-order valence-electron chi connectivity index (χ0n) is 18.2. The molecular weight excluding hydrogens is 402 g/mol. The average molecular weight is 432 g/mol. The van der Waals surface area contributed by atoms with Crippen LogP contribution in [0.2, 0.25) is 0 Å². The normalized spacial score (nSPS) is 18.0. The summed E-state index contributed by atoms with van der Waals surface area (Å²) in [6, 6.07) is 25.5. The van der Waals surface area contributed by atoms with Gasteiger partial charge in [-0.15, -0.1) is 0 Å². The highest BCUT2D eigenvalue weighted by molar-refractivity contribution is 5.90. The van der Waals surface area contributed by atoms with E-state index in [-0.39, 0.29) is 6.04 Å². The molecule has 0 spiro atoms. The second-order valence-electron chi connectivity index (χ2n) is 8.44. The van der Waals surface area contributed by atoms with Gasteiger partial charge < -0.3 is 14.9 Å². The van der Waals surface area contributed by atoms with Gasteiger partial charge in [-0.1, -0.05) is 60.7 Å². The van der Waals surface area contributed by atoms with Crippen molar-refractivity contribution in [1.82, 2.24) is 4.90 Å². The van der Waals surface area contributed by atoms with Crippen LogP contribution in [0.25, 0.3) is 0 Å². The Balaban J connectivity index is 1.35. The molecular formula is C27H29NO4. The third kappa shape index (κ3) is 4.91. The van der Waals surface area contributed by atoms with Gasteiger partial charge in [-0.2, -0.15) is 0 Å². The Kier molecular flexibility index (Phi) is 6.70. The molecule has 0 aromatic heterocycles. The first-order valence-corrected chi connectivity index (χ1v) is 11.0. The number of hydrogen-bond acceptors (Lipinski definition) is 5. The Bertz CT molecular complexity index is 1010. The van der Waals surface area contributed by atoms with Crippen LogP contribution in [0.3, 0.4) is 0 Å². The topological polar surface area (TPSA) is 70.0 Å². The summed E-state index contributed by atoms with van der Waals surface area (Å²) in [5.41, 5.74) is 1.40. The van der Waals surface area contributed by atoms with E-state index < -0.39 is 17.7 Å². The van der Waals surface area contributed by atoms with Crippen molar-refractivity contribution in [2.45, 2.75) is 37.5 Å². The van der Waals surface area contributed by atoms with Gasteiger partial charge in [0.15, 0.2) is 0 Å². The van der Waals surface area contributed by atoms with Gasteiger partial charge in [-0.3, -0.25) is 4.90 Å². The second-order valence-corrected chi connectivity index (χ2v) is 8.44. The summed E-state index contributed by atoms with van der Waals surface area (Å²) in [5.74, 6) is 0.0276. The minimum Gasteiger partial charge on any atom is -0.423 e. The number of aliphatic hydroxyl groups excluding tert-OH is 1. The molecule has 3 aromatic rings. The first-order chi connectivity index (χ1) is 15.5. The molecule has 0 aliphatic carbocycles. The van der Waals surface area contributed by atoms with Crippen LogP contribution < -0.4 is 4.74 Å². The van der Waals surface area contributed by atoms with E-state index in [1.165, 1.54) is 0 Å². The molecule has 0 bridgehead atoms. The van der Waals surface area contributed by atoms with Crippen LogP contribution in [0.5, 0.6) is 5.75 Å². The van der Waals surface area contributed by atoms with Crippen molar-refractivity contribution in [2.24, 2.45) is 0 Å². The van der Waals surface area contributed by atoms with E-state index >= 15 is 0 Å². The lowest BCUT2D eigenvalue weighted by atomic mass is 9.83. The van der Waals surface area contributed by atoms with E-state index in [2.05, 4.69) is 4.90 Å². The van der Waals surface area contributed by atoms with E-state index in [1.807, 2.05) is 43.3 Å². The van der Waals surface area contributed by atoms with Crippen LogP contribution in [-0.2, 0) is 5.60 Å². The fourth-order valence-corrected chi connectivity index (χ4v) is 4.29. The number of hydrogen-bond donors (Lipinski definition) is 2. The lowest BCUT2D eigenvalue weighted by Gasteiger charge is -2.42. The van der Waals surface area contributed by atoms with E-state index in [1.54, 1.807) is 48.5 Å². The summed E-state index contributed by atoms with van der Waals surface area (Å²) < 4.78 is 5.42. The van der Waals surface area contributed by atoms with Crippen molar-refractivity contribution in [3.63, 3.8) is 0 Å². The summed E-state index contributed by atoms with van der Waals surface area (Å²) in [7, 11) is 0. The molecule has 32 heavy (non-hydrogen) atoms. The number of likely N-dealkylation sites (tertiary alicyclic amines) is 1. The maximum Gasteiger partial charge on any atom is 0.343 e. The summed E-state index contributed by atoms with van der Waals surface area (Å²) in [4.78, 5) is 14.4. The molecule has 0 radical (unpaired) electrons. The van der Waals surface area contributed by atoms with E-state index in [9.17, 15) is 15.0 Å². The molecule has 5 heteroatoms. The molecule has 1 heterocycles. The van der Waals surface area contributed by atoms with Gasteiger partial charge in [-0.05, 0) is 55.2 Å². The first-order valence-electron chi connectivity index (χ1n) is 11.0. The van der Waals surface area contributed by atoms with Gasteiger partial charge in [0.2, 0.25) is 0 Å². The Labute approximate surface area is 188 Å². The van der Waals surface area contributed by atoms with Crippen molar-refractivity contribution in [3.05, 3.63) is 102 Å². The minimum atomic E-state index is -0.813. The van der Waals surface area contributed by atoms with Crippen molar-refractivity contribution < 1.29 is 19.7 Å². The van der Waals surface area contributed by atoms with Crippen molar-refractivity contribution in [3.8, 4) is 5.75 Å². The predicted molar refractivity (Wildman–Crippen MR) is 123 cm³/mol. The molecule has 1 aliphatic rings. The number of esters is 1. The fraction of sp³-hybridized carbons (Fsp3) is 0.296. The molecule has 0 saturated carbocycles. The highest BCUT2D eigenvalue weighted by Gasteiger charge is 2.36. The first kappa shape index (κ1) is 22.2. The molecule has 1 saturated heterocycles. The van der Waals surface area contributed by atoms with Crippen molar-refractivity contribution in [2.75, 3.05) is 13.1 Å². The van der Waals surface area contributed by atoms with Gasteiger partial charge in [-0.25, -0.2) is 4.79 Å². The van der Waals surface area contributed by atoms with E-state index in [0.717, 1.165) is 11.1 Å². The zero-order chi connectivity index (χ0) is 22.6. The van der Waals surface area contributed by atoms with E-state index in [0.29, 0.717) is 37.2 Å². The van der Waals surface area contributed by atoms with Crippen LogP contribution in [0.15, 0.2) is 84.9 Å². The standard InChI is InChI=1S/C27H29NO4/c1-20(28-18-16-27(31,17-19-28)23-10-6-3-7-11-23)25(29)21-12-14-24(15-13-21)32-26(30)22-8-4-2-5-9-22/h2-15,20,25,29,31H,16-19H2,1H3/t20-,25?/m0/s1. The van der Waals surface area contributed by atoms with Gasteiger partial charge in [0.25, 0.3) is 0 Å². The van der Waals surface area contributed by atoms with Crippen LogP contribution >= 0.6 is 0 Å². The molecule has 3 aromatic carbocycles. The molecule has 1 unspecified atom stereocenters. The molecule has 2 atom stereocenters. The maximum absolute atomic E-state index is 12.2. The quantitative estimate of drug-likeness (QED) is 0.450. The lowest BCUT2D eigenvalue weighted by Crippen LogP contribution is -2.47. The number of rotatable bonds is 6. The molecule has 0 amide bonds. The van der Waals surface area contributed by atoms with Gasteiger partial charge in [0, 0.05) is 19.1 Å². The summed E-state index contributed by atoms with van der Waals surface area (Å²) in [6.45, 7) is 3.41. The SMILES string of the molecule is C[C@@H](C(O)c1ccc(OC(=O)c2ccccc2)cc1)N1CCC(O)(c2ccccc2)CC1. The van der Waals surface area contributed by atoms with Crippen molar-refractivity contribution in [1.29, 1.82) is 0 Å². The monoisotopic (exact) mass is 431 g/mol. The third-order valence-corrected chi connectivity index (χ3v) is 6.41. The predicted octanol–water partition coefficient (Wildman–Crippen LogP) is 4.31. The Morgan fingerprint density at radius 1 is 0.906 bits per heavy atom. The number of aliphatic hydroxyl groups is 2. The molecule has 1 fully saturated rings. The Morgan fingerprint density at radius 3 is 2.06 bits per heavy atom. The molecule has 166 valence electrons. The molecule has 2 N–H and O–H groups in total. The van der Waals surface area contributed by atoms with Crippen LogP contribution in [0.1, 0.15) is 47.4 Å². The van der Waals surface area contributed by atoms with E-state index in [4.69, 9.17) is 4.74 Å². The summed E-state index contributed by atoms with van der Waals surface area (Å²) in [6.07, 6.45) is 0.571. The van der Waals surface area contributed by atoms with Crippen LogP contribution in [0, 0.1) is 0 Å². The highest BCUT2D eigenvalue weighted by atomic mass is 16.5. The Hall–Kier alpha value is -2.99. The molecule has 4 rings (SSSR count). The summed E-state index contributed by atoms with van der Waals surface area (Å²) in [5, 5.41) is 22.0. The van der Waals surface area contributed by atoms with Crippen molar-refractivity contribution >= 4 is 5.97 Å². The van der Waals surface area contributed by atoms with Gasteiger partial charge >= 0.3 is 5.97 Å². The molecule has 5 nitrogen and oxygen atoms in total. The van der Waals surface area contributed by atoms with Crippen LogP contribution in [0.4, 0.5) is 0 Å². The lowest BCUT2D eigenvalue weighted by molar-refractivity contribution is -0.0501. The third-order valence-electron chi connectivity index (χ3n) is 6.41. The smallest absolute Gasteiger partial charge is 0.343 e. The van der Waals surface area contributed by atoms with Gasteiger partial charge in [0.1, 0.15) is 5.75 Å². The van der Waals surface area contributed by atoms with Gasteiger partial charge in [0.05, 0.1) is 17.3 Å². The van der Waals surface area contributed by atoms with Crippen LogP contribution in [-0.4, -0.2) is 40.2 Å². The number of benzene rings is 3. The highest BCUT2D eigenvalue weighted by Crippen LogP contribution is 2.35. The Morgan fingerprint density at radius 2 is 1.47 bits per heavy atom. The number of nitrogens with zero attached hydrogens (tertiary/aromatic N) is 1. The molecule has 1 aliphatic heterocycles. The average Bonchev–Trinajstić information content (AvgIpc) is 2.85. The largest absolute Gasteiger partial charge is 0.423 e. The summed E-state index contributed by atoms with van der Waals surface area (Å²) >= 11 is 0. The fourth-order valence-electron chi connectivity index (χ4n) is 4.29. The number of ether oxygens (including phenoxy) is 1. The zero-order valence-corrected chi connectivity index (χ0v) is 18.2. The number of carbonyl (C=O) groups is 1. The maximum atomic E-state index is 12.2. The number of carbonyl (C=O) groups excluding carboxylic acids is 1. The minimum absolute atomic E-state index is 0.104.